The number of unbranched alkanes of at least 4 members (excludes halogenated alkanes) is 2. The molecule has 1 fully saturated rings. The molecule has 0 aromatic rings. The Balaban J connectivity index is 1.78. The highest BCUT2D eigenvalue weighted by molar-refractivity contribution is 5.66. The van der Waals surface area contributed by atoms with E-state index < -0.39 is 5.97 Å². The van der Waals surface area contributed by atoms with Gasteiger partial charge in [0.1, 0.15) is 0 Å². The van der Waals surface area contributed by atoms with E-state index in [-0.39, 0.29) is 0 Å². The molecule has 88 valence electrons. The summed E-state index contributed by atoms with van der Waals surface area (Å²) in [7, 11) is 0. The van der Waals surface area contributed by atoms with Gasteiger partial charge in [0.25, 0.3) is 0 Å². The van der Waals surface area contributed by atoms with Crippen molar-refractivity contribution in [1.82, 2.24) is 5.32 Å². The van der Waals surface area contributed by atoms with E-state index in [4.69, 9.17) is 9.84 Å². The van der Waals surface area contributed by atoms with Gasteiger partial charge in [0, 0.05) is 19.6 Å². The molecule has 1 rings (SSSR count). The molecule has 4 nitrogen and oxygen atoms in total. The average molecular weight is 215 g/mol. The van der Waals surface area contributed by atoms with Crippen molar-refractivity contribution in [2.24, 2.45) is 0 Å². The van der Waals surface area contributed by atoms with Crippen LogP contribution >= 0.6 is 0 Å². The minimum absolute atomic E-state index is 0.297. The van der Waals surface area contributed by atoms with Crippen molar-refractivity contribution < 1.29 is 14.6 Å². The number of hydrogen-bond donors (Lipinski definition) is 2. The number of aliphatic carboxylic acids is 1. The molecule has 15 heavy (non-hydrogen) atoms. The lowest BCUT2D eigenvalue weighted by Gasteiger charge is -2.10. The molecule has 0 aliphatic carbocycles. The number of carbonyl (C=O) groups is 1. The van der Waals surface area contributed by atoms with Gasteiger partial charge < -0.3 is 15.2 Å². The Bertz CT molecular complexity index is 179. The molecule has 1 aliphatic rings. The summed E-state index contributed by atoms with van der Waals surface area (Å²) in [6.45, 7) is 2.82. The van der Waals surface area contributed by atoms with Crippen molar-refractivity contribution in [1.29, 1.82) is 0 Å². The molecular weight excluding hydrogens is 194 g/mol. The van der Waals surface area contributed by atoms with Crippen molar-refractivity contribution in [3.63, 3.8) is 0 Å². The average Bonchev–Trinajstić information content (AvgIpc) is 2.68. The minimum Gasteiger partial charge on any atom is -0.481 e. The molecule has 0 spiro atoms. The summed E-state index contributed by atoms with van der Waals surface area (Å²) in [5.41, 5.74) is 0. The van der Waals surface area contributed by atoms with Gasteiger partial charge in [-0.1, -0.05) is 6.42 Å². The molecule has 0 bridgehead atoms. The fourth-order valence-corrected chi connectivity index (χ4v) is 1.77. The van der Waals surface area contributed by atoms with Crippen LogP contribution in [0.5, 0.6) is 0 Å². The van der Waals surface area contributed by atoms with Crippen LogP contribution in [0.4, 0.5) is 0 Å². The van der Waals surface area contributed by atoms with E-state index in [2.05, 4.69) is 5.32 Å². The highest BCUT2D eigenvalue weighted by Gasteiger charge is 2.13. The molecule has 0 radical (unpaired) electrons. The van der Waals surface area contributed by atoms with Crippen LogP contribution in [0.1, 0.15) is 38.5 Å². The van der Waals surface area contributed by atoms with E-state index in [0.717, 1.165) is 39.0 Å². The maximum absolute atomic E-state index is 10.2. The fourth-order valence-electron chi connectivity index (χ4n) is 1.77. The van der Waals surface area contributed by atoms with E-state index in [1.54, 1.807) is 0 Å². The van der Waals surface area contributed by atoms with Gasteiger partial charge in [-0.3, -0.25) is 4.79 Å². The Morgan fingerprint density at radius 1 is 1.40 bits per heavy atom. The second-order valence-corrected chi connectivity index (χ2v) is 4.04. The first-order valence-corrected chi connectivity index (χ1v) is 5.83. The number of carboxylic acids is 1. The topological polar surface area (TPSA) is 58.6 Å². The van der Waals surface area contributed by atoms with Crippen LogP contribution in [0, 0.1) is 0 Å². The van der Waals surface area contributed by atoms with Crippen LogP contribution in [0.15, 0.2) is 0 Å². The van der Waals surface area contributed by atoms with E-state index in [1.807, 2.05) is 0 Å². The first kappa shape index (κ1) is 12.5. The molecule has 0 aromatic carbocycles. The van der Waals surface area contributed by atoms with Gasteiger partial charge in [-0.25, -0.2) is 0 Å². The predicted molar refractivity (Wildman–Crippen MR) is 57.9 cm³/mol. The summed E-state index contributed by atoms with van der Waals surface area (Å²) in [4.78, 5) is 10.2. The summed E-state index contributed by atoms with van der Waals surface area (Å²) < 4.78 is 5.47. The van der Waals surface area contributed by atoms with Gasteiger partial charge in [0.15, 0.2) is 0 Å². The quantitative estimate of drug-likeness (QED) is 0.601. The van der Waals surface area contributed by atoms with Crippen molar-refractivity contribution in [2.75, 3.05) is 19.7 Å². The molecule has 1 unspecified atom stereocenters. The van der Waals surface area contributed by atoms with Gasteiger partial charge in [-0.15, -0.1) is 0 Å². The summed E-state index contributed by atoms with van der Waals surface area (Å²) in [6, 6.07) is 0. The monoisotopic (exact) mass is 215 g/mol. The largest absolute Gasteiger partial charge is 0.481 e. The van der Waals surface area contributed by atoms with Crippen LogP contribution in [-0.4, -0.2) is 36.9 Å². The number of rotatable bonds is 8. The Kier molecular flexibility index (Phi) is 6.36. The summed E-state index contributed by atoms with van der Waals surface area (Å²) in [6.07, 6.45) is 5.90. The molecule has 1 aliphatic heterocycles. The third-order valence-corrected chi connectivity index (χ3v) is 2.64. The van der Waals surface area contributed by atoms with Crippen molar-refractivity contribution in [3.8, 4) is 0 Å². The molecule has 0 amide bonds. The summed E-state index contributed by atoms with van der Waals surface area (Å²) >= 11 is 0. The maximum Gasteiger partial charge on any atom is 0.303 e. The predicted octanol–water partition coefficient (Wildman–Crippen LogP) is 1.40. The number of ether oxygens (including phenoxy) is 1. The fraction of sp³-hybridized carbons (Fsp3) is 0.909. The lowest BCUT2D eigenvalue weighted by atomic mass is 10.2. The zero-order valence-corrected chi connectivity index (χ0v) is 9.21. The second-order valence-electron chi connectivity index (χ2n) is 4.04. The summed E-state index contributed by atoms with van der Waals surface area (Å²) in [5.74, 6) is -0.692. The first-order valence-electron chi connectivity index (χ1n) is 5.83. The van der Waals surface area contributed by atoms with Crippen LogP contribution in [0.25, 0.3) is 0 Å². The molecular formula is C11H21NO3. The lowest BCUT2D eigenvalue weighted by molar-refractivity contribution is -0.137. The third-order valence-electron chi connectivity index (χ3n) is 2.64. The number of nitrogens with one attached hydrogen (secondary N) is 1. The SMILES string of the molecule is O=C(O)CCCCCNCC1CCCO1. The van der Waals surface area contributed by atoms with Crippen LogP contribution in [0.3, 0.4) is 0 Å². The van der Waals surface area contributed by atoms with Crippen molar-refractivity contribution >= 4 is 5.97 Å². The maximum atomic E-state index is 10.2. The highest BCUT2D eigenvalue weighted by atomic mass is 16.5. The Labute approximate surface area is 91.0 Å². The van der Waals surface area contributed by atoms with E-state index in [0.29, 0.717) is 12.5 Å². The van der Waals surface area contributed by atoms with E-state index >= 15 is 0 Å². The summed E-state index contributed by atoms with van der Waals surface area (Å²) in [5, 5.41) is 11.8. The van der Waals surface area contributed by atoms with Gasteiger partial charge in [0.05, 0.1) is 6.10 Å². The van der Waals surface area contributed by atoms with E-state index in [1.165, 1.54) is 12.8 Å². The second kappa shape index (κ2) is 7.65. The van der Waals surface area contributed by atoms with E-state index in [9.17, 15) is 4.79 Å². The molecule has 4 heteroatoms. The minimum atomic E-state index is -0.692. The third kappa shape index (κ3) is 6.47. The van der Waals surface area contributed by atoms with Gasteiger partial charge in [-0.2, -0.15) is 0 Å². The standard InChI is InChI=1S/C11H21NO3/c13-11(14)6-2-1-3-7-12-9-10-5-4-8-15-10/h10,12H,1-9H2,(H,13,14). The number of carboxylic acid groups (broad SMARTS) is 1. The van der Waals surface area contributed by atoms with Gasteiger partial charge in [-0.05, 0) is 32.2 Å². The molecule has 1 atom stereocenters. The van der Waals surface area contributed by atoms with Crippen LogP contribution < -0.4 is 5.32 Å². The van der Waals surface area contributed by atoms with Crippen molar-refractivity contribution in [2.45, 2.75) is 44.6 Å². The smallest absolute Gasteiger partial charge is 0.303 e. The Morgan fingerprint density at radius 2 is 2.27 bits per heavy atom. The van der Waals surface area contributed by atoms with Crippen molar-refractivity contribution in [3.05, 3.63) is 0 Å². The first-order chi connectivity index (χ1) is 7.29. The molecule has 2 N–H and O–H groups in total. The Hall–Kier alpha value is -0.610. The number of hydrogen-bond acceptors (Lipinski definition) is 3. The highest BCUT2D eigenvalue weighted by Crippen LogP contribution is 2.10. The molecule has 1 saturated heterocycles. The van der Waals surface area contributed by atoms with Gasteiger partial charge >= 0.3 is 5.97 Å². The Morgan fingerprint density at radius 3 is 2.93 bits per heavy atom. The molecule has 0 aromatic heterocycles. The normalized spacial score (nSPS) is 20.7. The molecule has 1 heterocycles. The lowest BCUT2D eigenvalue weighted by Crippen LogP contribution is -2.26. The van der Waals surface area contributed by atoms with Crippen LogP contribution in [0.2, 0.25) is 0 Å². The van der Waals surface area contributed by atoms with Crippen LogP contribution in [-0.2, 0) is 9.53 Å². The zero-order chi connectivity index (χ0) is 10.9. The zero-order valence-electron chi connectivity index (χ0n) is 9.21. The molecule has 0 saturated carbocycles. The van der Waals surface area contributed by atoms with Gasteiger partial charge in [0.2, 0.25) is 0 Å².